The van der Waals surface area contributed by atoms with Crippen molar-refractivity contribution in [2.24, 2.45) is 0 Å². The summed E-state index contributed by atoms with van der Waals surface area (Å²) in [5, 5.41) is 6.57. The number of benzene rings is 1. The lowest BCUT2D eigenvalue weighted by molar-refractivity contribution is 0.0953. The molecule has 4 heteroatoms. The van der Waals surface area contributed by atoms with Crippen LogP contribution in [0.25, 0.3) is 0 Å². The smallest absolute Gasteiger partial charge is 0.251 e. The lowest BCUT2D eigenvalue weighted by atomic mass is 10.1. The van der Waals surface area contributed by atoms with Gasteiger partial charge >= 0.3 is 0 Å². The van der Waals surface area contributed by atoms with Gasteiger partial charge in [0.2, 0.25) is 0 Å². The maximum Gasteiger partial charge on any atom is 0.251 e. The second-order valence-electron chi connectivity index (χ2n) is 5.86. The summed E-state index contributed by atoms with van der Waals surface area (Å²) in [6.07, 6.45) is 7.97. The summed E-state index contributed by atoms with van der Waals surface area (Å²) in [5.74, 6) is 0.0106. The molecule has 3 nitrogen and oxygen atoms in total. The minimum atomic E-state index is 0.0106. The third-order valence-electron chi connectivity index (χ3n) is 4.14. The Kier molecular flexibility index (Phi) is 6.71. The van der Waals surface area contributed by atoms with Crippen molar-refractivity contribution in [1.29, 1.82) is 0 Å². The van der Waals surface area contributed by atoms with Crippen LogP contribution in [0.3, 0.4) is 0 Å². The molecule has 0 aliphatic heterocycles. The molecule has 1 saturated carbocycles. The van der Waals surface area contributed by atoms with E-state index < -0.39 is 0 Å². The van der Waals surface area contributed by atoms with Crippen molar-refractivity contribution in [2.75, 3.05) is 13.1 Å². The molecule has 0 aromatic heterocycles. The molecule has 0 saturated heterocycles. The van der Waals surface area contributed by atoms with Gasteiger partial charge in [0.15, 0.2) is 0 Å². The minimum Gasteiger partial charge on any atom is -0.351 e. The lowest BCUT2D eigenvalue weighted by Crippen LogP contribution is -2.37. The van der Waals surface area contributed by atoms with Crippen molar-refractivity contribution < 1.29 is 4.79 Å². The van der Waals surface area contributed by atoms with Crippen LogP contribution in [0, 0.1) is 6.92 Å². The molecular weight excluding hydrogens is 328 g/mol. The summed E-state index contributed by atoms with van der Waals surface area (Å²) < 4.78 is 0.940. The summed E-state index contributed by atoms with van der Waals surface area (Å²) in [7, 11) is 0. The van der Waals surface area contributed by atoms with E-state index in [0.29, 0.717) is 12.6 Å². The van der Waals surface area contributed by atoms with E-state index in [1.165, 1.54) is 38.5 Å². The number of hydrogen-bond donors (Lipinski definition) is 2. The highest BCUT2D eigenvalue weighted by Crippen LogP contribution is 2.17. The predicted octanol–water partition coefficient (Wildman–Crippen LogP) is 3.80. The molecular formula is C17H25BrN2O. The third kappa shape index (κ3) is 5.44. The van der Waals surface area contributed by atoms with Gasteiger partial charge in [-0.25, -0.2) is 0 Å². The molecule has 0 spiro atoms. The quantitative estimate of drug-likeness (QED) is 0.625. The molecule has 1 amide bonds. The van der Waals surface area contributed by atoms with Gasteiger partial charge in [0, 0.05) is 29.2 Å². The van der Waals surface area contributed by atoms with Gasteiger partial charge in [-0.15, -0.1) is 0 Å². The maximum atomic E-state index is 12.2. The van der Waals surface area contributed by atoms with Crippen LogP contribution < -0.4 is 10.6 Å². The van der Waals surface area contributed by atoms with Gasteiger partial charge in [0.25, 0.3) is 5.91 Å². The Labute approximate surface area is 136 Å². The first kappa shape index (κ1) is 16.5. The Hall–Kier alpha value is -0.870. The molecule has 1 aromatic carbocycles. The Balaban J connectivity index is 1.72. The molecule has 2 rings (SSSR count). The molecule has 2 N–H and O–H groups in total. The van der Waals surface area contributed by atoms with Crippen LogP contribution >= 0.6 is 15.9 Å². The predicted molar refractivity (Wildman–Crippen MR) is 90.7 cm³/mol. The SMILES string of the molecule is Cc1ccc(Br)cc1C(=O)NCCNC1CCCCCC1. The fourth-order valence-corrected chi connectivity index (χ4v) is 3.23. The number of carbonyl (C=O) groups excluding carboxylic acids is 1. The zero-order valence-corrected chi connectivity index (χ0v) is 14.3. The number of halogens is 1. The topological polar surface area (TPSA) is 41.1 Å². The monoisotopic (exact) mass is 352 g/mol. The number of amides is 1. The van der Waals surface area contributed by atoms with Crippen molar-refractivity contribution >= 4 is 21.8 Å². The standard InChI is InChI=1S/C17H25BrN2O/c1-13-8-9-14(18)12-16(13)17(21)20-11-10-19-15-6-4-2-3-5-7-15/h8-9,12,15,19H,2-7,10-11H2,1H3,(H,20,21). The van der Waals surface area contributed by atoms with E-state index in [2.05, 4.69) is 26.6 Å². The van der Waals surface area contributed by atoms with Crippen LogP contribution in [-0.2, 0) is 0 Å². The minimum absolute atomic E-state index is 0.0106. The number of rotatable bonds is 5. The van der Waals surface area contributed by atoms with Crippen molar-refractivity contribution in [3.63, 3.8) is 0 Å². The second-order valence-corrected chi connectivity index (χ2v) is 6.77. The fraction of sp³-hybridized carbons (Fsp3) is 0.588. The highest BCUT2D eigenvalue weighted by Gasteiger charge is 2.12. The van der Waals surface area contributed by atoms with E-state index in [1.54, 1.807) is 0 Å². The van der Waals surface area contributed by atoms with Crippen LogP contribution in [-0.4, -0.2) is 25.0 Å². The van der Waals surface area contributed by atoms with Crippen LogP contribution in [0.2, 0.25) is 0 Å². The van der Waals surface area contributed by atoms with Crippen molar-refractivity contribution in [1.82, 2.24) is 10.6 Å². The summed E-state index contributed by atoms with van der Waals surface area (Å²) >= 11 is 3.41. The molecule has 21 heavy (non-hydrogen) atoms. The van der Waals surface area contributed by atoms with Crippen LogP contribution in [0.5, 0.6) is 0 Å². The zero-order valence-electron chi connectivity index (χ0n) is 12.8. The highest BCUT2D eigenvalue weighted by molar-refractivity contribution is 9.10. The van der Waals surface area contributed by atoms with Crippen LogP contribution in [0.1, 0.15) is 54.4 Å². The number of hydrogen-bond acceptors (Lipinski definition) is 2. The Morgan fingerprint density at radius 1 is 1.19 bits per heavy atom. The number of carbonyl (C=O) groups is 1. The first-order valence-electron chi connectivity index (χ1n) is 7.94. The highest BCUT2D eigenvalue weighted by atomic mass is 79.9. The van der Waals surface area contributed by atoms with Gasteiger partial charge in [-0.2, -0.15) is 0 Å². The molecule has 0 heterocycles. The normalized spacial score (nSPS) is 16.5. The summed E-state index contributed by atoms with van der Waals surface area (Å²) in [5.41, 5.74) is 1.76. The molecule has 0 radical (unpaired) electrons. The lowest BCUT2D eigenvalue weighted by Gasteiger charge is -2.16. The Morgan fingerprint density at radius 3 is 2.62 bits per heavy atom. The van der Waals surface area contributed by atoms with Crippen LogP contribution in [0.4, 0.5) is 0 Å². The van der Waals surface area contributed by atoms with Gasteiger partial charge < -0.3 is 10.6 Å². The van der Waals surface area contributed by atoms with Gasteiger partial charge in [-0.05, 0) is 37.5 Å². The maximum absolute atomic E-state index is 12.2. The van der Waals surface area contributed by atoms with E-state index in [0.717, 1.165) is 22.1 Å². The van der Waals surface area contributed by atoms with E-state index in [-0.39, 0.29) is 5.91 Å². The van der Waals surface area contributed by atoms with E-state index >= 15 is 0 Å². The van der Waals surface area contributed by atoms with Crippen molar-refractivity contribution in [2.45, 2.75) is 51.5 Å². The molecule has 116 valence electrons. The Bertz CT molecular complexity index is 468. The third-order valence-corrected chi connectivity index (χ3v) is 4.64. The van der Waals surface area contributed by atoms with Gasteiger partial charge in [0.05, 0.1) is 0 Å². The molecule has 1 aromatic rings. The van der Waals surface area contributed by atoms with E-state index in [1.807, 2.05) is 25.1 Å². The second kappa shape index (κ2) is 8.54. The van der Waals surface area contributed by atoms with E-state index in [9.17, 15) is 4.79 Å². The molecule has 0 unspecified atom stereocenters. The summed E-state index contributed by atoms with van der Waals surface area (Å²) in [6, 6.07) is 6.43. The zero-order chi connectivity index (χ0) is 15.1. The largest absolute Gasteiger partial charge is 0.351 e. The summed E-state index contributed by atoms with van der Waals surface area (Å²) in [6.45, 7) is 3.50. The molecule has 0 atom stereocenters. The first-order valence-corrected chi connectivity index (χ1v) is 8.74. The van der Waals surface area contributed by atoms with Crippen molar-refractivity contribution in [3.8, 4) is 0 Å². The van der Waals surface area contributed by atoms with Crippen LogP contribution in [0.15, 0.2) is 22.7 Å². The average molecular weight is 353 g/mol. The molecule has 1 fully saturated rings. The molecule has 0 bridgehead atoms. The number of nitrogens with one attached hydrogen (secondary N) is 2. The fourth-order valence-electron chi connectivity index (χ4n) is 2.87. The van der Waals surface area contributed by atoms with Gasteiger partial charge in [0.1, 0.15) is 0 Å². The number of aryl methyl sites for hydroxylation is 1. The van der Waals surface area contributed by atoms with Gasteiger partial charge in [-0.1, -0.05) is 47.7 Å². The first-order chi connectivity index (χ1) is 10.2. The summed E-state index contributed by atoms with van der Waals surface area (Å²) in [4.78, 5) is 12.2. The molecule has 1 aliphatic rings. The average Bonchev–Trinajstić information content (AvgIpc) is 2.74. The van der Waals surface area contributed by atoms with Gasteiger partial charge in [-0.3, -0.25) is 4.79 Å². The molecule has 1 aliphatic carbocycles. The van der Waals surface area contributed by atoms with Crippen molar-refractivity contribution in [3.05, 3.63) is 33.8 Å². The van der Waals surface area contributed by atoms with E-state index in [4.69, 9.17) is 0 Å². The Morgan fingerprint density at radius 2 is 1.90 bits per heavy atom.